The van der Waals surface area contributed by atoms with E-state index in [4.69, 9.17) is 9.90 Å². The van der Waals surface area contributed by atoms with E-state index < -0.39 is 0 Å². The van der Waals surface area contributed by atoms with Crippen LogP contribution < -0.4 is 18.9 Å². The van der Waals surface area contributed by atoms with Gasteiger partial charge in [-0.1, -0.05) is 0 Å². The summed E-state index contributed by atoms with van der Waals surface area (Å²) < 4.78 is 0. The van der Waals surface area contributed by atoms with Crippen LogP contribution >= 0.6 is 0 Å². The normalized spacial score (nSPS) is 2.40. The number of hydrogen-bond acceptors (Lipinski definition) is 1. The van der Waals surface area contributed by atoms with E-state index >= 15 is 0 Å². The van der Waals surface area contributed by atoms with Crippen molar-refractivity contribution in [1.29, 1.82) is 0 Å². The molecule has 0 spiro atoms. The Labute approximate surface area is 54.4 Å². The van der Waals surface area contributed by atoms with Crippen molar-refractivity contribution in [2.75, 3.05) is 0 Å². The van der Waals surface area contributed by atoms with E-state index in [2.05, 4.69) is 0 Å². The van der Waals surface area contributed by atoms with Crippen molar-refractivity contribution in [2.45, 2.75) is 0 Å². The van der Waals surface area contributed by atoms with Crippen molar-refractivity contribution in [1.82, 2.24) is 0 Å². The van der Waals surface area contributed by atoms with Gasteiger partial charge in [-0.2, -0.15) is 0 Å². The van der Waals surface area contributed by atoms with Crippen LogP contribution in [0.2, 0.25) is 0 Å². The number of rotatable bonds is 0. The molecule has 0 fully saturated rings. The van der Waals surface area contributed by atoms with Crippen LogP contribution in [0.5, 0.6) is 0 Å². The molecule has 0 aromatic heterocycles. The van der Waals surface area contributed by atoms with Gasteiger partial charge in [0.15, 0.2) is 17.4 Å². The predicted octanol–water partition coefficient (Wildman–Crippen LogP) is -4.37. The molecular formula is CH6AlLiO2. The summed E-state index contributed by atoms with van der Waals surface area (Å²) in [6, 6.07) is 0. The topological polar surface area (TPSA) is 37.3 Å². The molecule has 0 aromatic rings. The molecule has 0 aliphatic carbocycles. The SMILES string of the molecule is O=CO.[AlH3].[H-].[Li+]. The van der Waals surface area contributed by atoms with Crippen molar-refractivity contribution in [3.05, 3.63) is 0 Å². The zero-order valence-electron chi connectivity index (χ0n) is 3.43. The minimum atomic E-state index is -0.250. The van der Waals surface area contributed by atoms with E-state index in [0.29, 0.717) is 0 Å². The van der Waals surface area contributed by atoms with Crippen molar-refractivity contribution in [3.63, 3.8) is 0 Å². The van der Waals surface area contributed by atoms with E-state index in [1.165, 1.54) is 0 Å². The van der Waals surface area contributed by atoms with Gasteiger partial charge in [-0.05, 0) is 0 Å². The smallest absolute Gasteiger partial charge is 1.00 e. The van der Waals surface area contributed by atoms with Gasteiger partial charge in [0.25, 0.3) is 6.47 Å². The molecule has 0 bridgehead atoms. The summed E-state index contributed by atoms with van der Waals surface area (Å²) in [7, 11) is 0. The average Bonchev–Trinajstić information content (AvgIpc) is 0.918. The zero-order chi connectivity index (χ0) is 2.71. The molecule has 0 aromatic carbocycles. The number of hydrogen-bond donors (Lipinski definition) is 1. The first-order chi connectivity index (χ1) is 1.41. The molecule has 2 nitrogen and oxygen atoms in total. The zero-order valence-corrected chi connectivity index (χ0v) is 2.43. The Bertz CT molecular complexity index is 21.0. The number of carboxylic acid groups (broad SMARTS) is 1. The molecule has 0 aliphatic heterocycles. The molecule has 4 heteroatoms. The van der Waals surface area contributed by atoms with Gasteiger partial charge in [0.05, 0.1) is 0 Å². The third kappa shape index (κ3) is 86.4. The van der Waals surface area contributed by atoms with Gasteiger partial charge in [0.2, 0.25) is 0 Å². The summed E-state index contributed by atoms with van der Waals surface area (Å²) in [5, 5.41) is 6.89. The molecule has 0 saturated carbocycles. The summed E-state index contributed by atoms with van der Waals surface area (Å²) >= 11 is 0. The second-order valence-corrected chi connectivity index (χ2v) is 0.105. The first kappa shape index (κ1) is 17.5. The van der Waals surface area contributed by atoms with Gasteiger partial charge in [-0.25, -0.2) is 0 Å². The van der Waals surface area contributed by atoms with Gasteiger partial charge in [-0.3, -0.25) is 4.79 Å². The van der Waals surface area contributed by atoms with Crippen molar-refractivity contribution in [2.24, 2.45) is 0 Å². The van der Waals surface area contributed by atoms with Gasteiger partial charge in [0.1, 0.15) is 0 Å². The number of carbonyl (C=O) groups is 1. The summed E-state index contributed by atoms with van der Waals surface area (Å²) in [6.07, 6.45) is 0. The molecule has 0 saturated heterocycles. The van der Waals surface area contributed by atoms with Crippen LogP contribution in [0.15, 0.2) is 0 Å². The summed E-state index contributed by atoms with van der Waals surface area (Å²) in [6.45, 7) is -0.250. The van der Waals surface area contributed by atoms with E-state index in [0.717, 1.165) is 0 Å². The van der Waals surface area contributed by atoms with Crippen LogP contribution in [0.1, 0.15) is 1.43 Å². The van der Waals surface area contributed by atoms with Gasteiger partial charge in [0, 0.05) is 0 Å². The van der Waals surface area contributed by atoms with Crippen molar-refractivity contribution in [3.8, 4) is 0 Å². The van der Waals surface area contributed by atoms with Crippen LogP contribution in [0.25, 0.3) is 0 Å². The Balaban J connectivity index is -0.00000000667. The standard InChI is InChI=1S/CH2O2.Al.Li.4H/c2-1-3;;;;;;/h1H,(H,2,3);;;;;;/q;;+1;;;;-1. The Kier molecular flexibility index (Phi) is 81.6. The van der Waals surface area contributed by atoms with E-state index in [1.54, 1.807) is 0 Å². The van der Waals surface area contributed by atoms with Gasteiger partial charge >= 0.3 is 18.9 Å². The maximum absolute atomic E-state index is 8.36. The first-order valence-electron chi connectivity index (χ1n) is 0.494. The fraction of sp³-hybridized carbons (Fsp3) is 0. The molecule has 0 radical (unpaired) electrons. The first-order valence-corrected chi connectivity index (χ1v) is 0.494. The second kappa shape index (κ2) is 23.3. The third-order valence-electron chi connectivity index (χ3n) is 0. The second-order valence-electron chi connectivity index (χ2n) is 0.105. The van der Waals surface area contributed by atoms with E-state index in [-0.39, 0.29) is 44.1 Å². The predicted molar refractivity (Wildman–Crippen MR) is 19.7 cm³/mol. The molecular weight excluding hydrogens is 77.9 g/mol. The molecule has 0 amide bonds. The molecule has 0 rings (SSSR count). The van der Waals surface area contributed by atoms with Gasteiger partial charge in [-0.15, -0.1) is 0 Å². The summed E-state index contributed by atoms with van der Waals surface area (Å²) in [4.78, 5) is 8.36. The maximum Gasteiger partial charge on any atom is 1.00 e. The Hall–Kier alpha value is 0.600. The molecule has 0 aliphatic rings. The summed E-state index contributed by atoms with van der Waals surface area (Å²) in [5.41, 5.74) is 0. The van der Waals surface area contributed by atoms with Gasteiger partial charge < -0.3 is 6.53 Å². The van der Waals surface area contributed by atoms with Crippen LogP contribution in [0, 0.1) is 0 Å². The van der Waals surface area contributed by atoms with Crippen molar-refractivity contribution >= 4 is 23.8 Å². The maximum atomic E-state index is 8.36. The summed E-state index contributed by atoms with van der Waals surface area (Å²) in [5.74, 6) is 0. The minimum absolute atomic E-state index is 0. The Morgan fingerprint density at radius 1 is 1.80 bits per heavy atom. The van der Waals surface area contributed by atoms with E-state index in [9.17, 15) is 0 Å². The van der Waals surface area contributed by atoms with Crippen LogP contribution in [-0.4, -0.2) is 28.9 Å². The van der Waals surface area contributed by atoms with Crippen molar-refractivity contribution < 1.29 is 30.2 Å². The molecule has 1 N–H and O–H groups in total. The van der Waals surface area contributed by atoms with E-state index in [1.807, 2.05) is 0 Å². The fourth-order valence-corrected chi connectivity index (χ4v) is 0. The fourth-order valence-electron chi connectivity index (χ4n) is 0. The quantitative estimate of drug-likeness (QED) is 0.238. The Morgan fingerprint density at radius 2 is 1.80 bits per heavy atom. The molecule has 5 heavy (non-hydrogen) atoms. The third-order valence-corrected chi connectivity index (χ3v) is 0. The molecule has 0 atom stereocenters. The minimum Gasteiger partial charge on any atom is -1.00 e. The van der Waals surface area contributed by atoms with Crippen LogP contribution in [-0.2, 0) is 4.79 Å². The Morgan fingerprint density at radius 3 is 1.80 bits per heavy atom. The average molecular weight is 84.0 g/mol. The largest absolute Gasteiger partial charge is 1.00 e. The molecule has 0 heterocycles. The molecule has 0 unspecified atom stereocenters. The monoisotopic (exact) mass is 84.0 g/mol. The molecule has 26 valence electrons. The van der Waals surface area contributed by atoms with Crippen LogP contribution in [0.3, 0.4) is 0 Å². The van der Waals surface area contributed by atoms with Crippen LogP contribution in [0.4, 0.5) is 0 Å².